The number of aromatic nitrogens is 1. The zero-order valence-corrected chi connectivity index (χ0v) is 16.8. The lowest BCUT2D eigenvalue weighted by Crippen LogP contribution is -2.11. The maximum absolute atomic E-state index is 14.9. The molecule has 29 heavy (non-hydrogen) atoms. The number of halogens is 2. The topological polar surface area (TPSA) is 48.0 Å². The third-order valence-corrected chi connectivity index (χ3v) is 6.25. The summed E-state index contributed by atoms with van der Waals surface area (Å²) < 4.78 is 17.8. The normalized spacial score (nSPS) is 11.5. The number of amides is 1. The Hall–Kier alpha value is -3.18. The van der Waals surface area contributed by atoms with Crippen LogP contribution in [0.4, 0.5) is 4.39 Å². The Labute approximate surface area is 174 Å². The van der Waals surface area contributed by atoms with E-state index in [4.69, 9.17) is 5.73 Å². The number of hydrogen-bond donors (Lipinski definition) is 1. The Kier molecular flexibility index (Phi) is 4.14. The summed E-state index contributed by atoms with van der Waals surface area (Å²) >= 11 is 3.72. The highest BCUT2D eigenvalue weighted by atomic mass is 79.9. The number of nitrogens with two attached hydrogens (primary N) is 1. The first-order valence-electron chi connectivity index (χ1n) is 9.13. The van der Waals surface area contributed by atoms with Crippen molar-refractivity contribution in [3.8, 4) is 0 Å². The van der Waals surface area contributed by atoms with Crippen molar-refractivity contribution < 1.29 is 9.18 Å². The van der Waals surface area contributed by atoms with Crippen LogP contribution in [0.25, 0.3) is 32.6 Å². The van der Waals surface area contributed by atoms with Crippen LogP contribution >= 0.6 is 15.9 Å². The molecule has 0 atom stereocenters. The number of primary amides is 1. The number of hydrogen-bond acceptors (Lipinski definition) is 1. The number of carbonyl (C=O) groups excluding carboxylic acids is 1. The van der Waals surface area contributed by atoms with Gasteiger partial charge in [0.2, 0.25) is 5.91 Å². The van der Waals surface area contributed by atoms with Crippen molar-refractivity contribution in [2.75, 3.05) is 0 Å². The largest absolute Gasteiger partial charge is 0.366 e. The van der Waals surface area contributed by atoms with Gasteiger partial charge in [0, 0.05) is 27.4 Å². The predicted molar refractivity (Wildman–Crippen MR) is 118 cm³/mol. The van der Waals surface area contributed by atoms with Crippen LogP contribution in [-0.2, 0) is 6.54 Å². The molecule has 2 N–H and O–H groups in total. The van der Waals surface area contributed by atoms with Crippen molar-refractivity contribution in [3.05, 3.63) is 94.2 Å². The second-order valence-corrected chi connectivity index (χ2v) is 7.75. The van der Waals surface area contributed by atoms with Crippen molar-refractivity contribution in [1.82, 2.24) is 4.57 Å². The first-order chi connectivity index (χ1) is 14.1. The van der Waals surface area contributed by atoms with Crippen LogP contribution in [0.3, 0.4) is 0 Å². The van der Waals surface area contributed by atoms with Gasteiger partial charge in [0.1, 0.15) is 5.82 Å². The summed E-state index contributed by atoms with van der Waals surface area (Å²) in [6.07, 6.45) is 0. The average molecular weight is 446 g/mol. The van der Waals surface area contributed by atoms with Gasteiger partial charge in [-0.15, -0.1) is 0 Å². The van der Waals surface area contributed by atoms with E-state index in [9.17, 15) is 9.18 Å². The zero-order valence-electron chi connectivity index (χ0n) is 15.2. The Morgan fingerprint density at radius 1 is 1.07 bits per heavy atom. The molecule has 1 amide bonds. The van der Waals surface area contributed by atoms with Crippen molar-refractivity contribution in [3.63, 3.8) is 0 Å². The van der Waals surface area contributed by atoms with Gasteiger partial charge in [-0.1, -0.05) is 48.5 Å². The molecule has 0 aliphatic rings. The lowest BCUT2D eigenvalue weighted by molar-refractivity contribution is 0.100. The van der Waals surface area contributed by atoms with E-state index >= 15 is 0 Å². The molecule has 3 nitrogen and oxygen atoms in total. The molecule has 4 aromatic carbocycles. The fourth-order valence-electron chi connectivity index (χ4n) is 4.01. The summed E-state index contributed by atoms with van der Waals surface area (Å²) in [5.41, 5.74) is 8.13. The lowest BCUT2D eigenvalue weighted by atomic mass is 10.1. The van der Waals surface area contributed by atoms with Gasteiger partial charge in [-0.2, -0.15) is 0 Å². The number of benzene rings is 4. The molecule has 0 saturated carbocycles. The third kappa shape index (κ3) is 2.73. The van der Waals surface area contributed by atoms with E-state index in [0.29, 0.717) is 28.4 Å². The van der Waals surface area contributed by atoms with Crippen LogP contribution in [-0.4, -0.2) is 10.5 Å². The predicted octanol–water partition coefficient (Wildman–Crippen LogP) is 5.80. The van der Waals surface area contributed by atoms with E-state index in [1.165, 1.54) is 12.1 Å². The summed E-state index contributed by atoms with van der Waals surface area (Å²) in [5.74, 6) is -0.901. The van der Waals surface area contributed by atoms with Gasteiger partial charge in [0.25, 0.3) is 0 Å². The van der Waals surface area contributed by atoms with Gasteiger partial charge in [-0.25, -0.2) is 4.39 Å². The molecule has 0 aliphatic heterocycles. The van der Waals surface area contributed by atoms with Crippen LogP contribution in [0, 0.1) is 11.9 Å². The van der Waals surface area contributed by atoms with Crippen molar-refractivity contribution in [2.24, 2.45) is 5.73 Å². The van der Waals surface area contributed by atoms with E-state index in [1.807, 2.05) is 34.9 Å². The minimum Gasteiger partial charge on any atom is -0.366 e. The van der Waals surface area contributed by atoms with E-state index in [-0.39, 0.29) is 5.82 Å². The molecule has 5 rings (SSSR count). The molecular formula is C24H15BrFN2O. The molecule has 5 aromatic rings. The quantitative estimate of drug-likeness (QED) is 0.374. The molecule has 0 spiro atoms. The van der Waals surface area contributed by atoms with Crippen molar-refractivity contribution in [1.29, 1.82) is 0 Å². The highest BCUT2D eigenvalue weighted by Gasteiger charge is 2.19. The maximum atomic E-state index is 14.9. The minimum atomic E-state index is -0.542. The summed E-state index contributed by atoms with van der Waals surface area (Å²) in [7, 11) is 0. The van der Waals surface area contributed by atoms with Crippen LogP contribution in [0.5, 0.6) is 0 Å². The monoisotopic (exact) mass is 445 g/mol. The molecule has 0 fully saturated rings. The SMILES string of the molecule is NC(=O)c1cccc2c1c1[c]ccc(F)c1n2Cc1ccc2ccccc2c1Br. The van der Waals surface area contributed by atoms with E-state index in [1.54, 1.807) is 12.1 Å². The Balaban J connectivity index is 1.82. The standard InChI is InChI=1S/C24H15BrFN2O/c25-22-15(12-11-14-5-1-2-6-16(14)22)13-28-20-10-4-8-18(24(27)29)21(20)17-7-3-9-19(26)23(17)28/h1-6,8-12H,13H2,(H2,27,29). The summed E-state index contributed by atoms with van der Waals surface area (Å²) in [6, 6.07) is 23.5. The van der Waals surface area contributed by atoms with Crippen LogP contribution in [0.15, 0.2) is 71.2 Å². The maximum Gasteiger partial charge on any atom is 0.249 e. The highest BCUT2D eigenvalue weighted by Crippen LogP contribution is 2.35. The fraction of sp³-hybridized carbons (Fsp3) is 0.0417. The third-order valence-electron chi connectivity index (χ3n) is 5.31. The molecule has 0 unspecified atom stereocenters. The van der Waals surface area contributed by atoms with E-state index < -0.39 is 5.91 Å². The van der Waals surface area contributed by atoms with Crippen LogP contribution < -0.4 is 5.73 Å². The zero-order chi connectivity index (χ0) is 20.1. The highest BCUT2D eigenvalue weighted by molar-refractivity contribution is 9.10. The van der Waals surface area contributed by atoms with Crippen LogP contribution in [0.1, 0.15) is 15.9 Å². The summed E-state index contributed by atoms with van der Waals surface area (Å²) in [4.78, 5) is 12.0. The fourth-order valence-corrected chi connectivity index (χ4v) is 4.63. The number of fused-ring (bicyclic) bond motifs is 4. The minimum absolute atomic E-state index is 0.359. The molecule has 1 heterocycles. The molecule has 1 radical (unpaired) electrons. The Morgan fingerprint density at radius 2 is 1.90 bits per heavy atom. The molecular weight excluding hydrogens is 431 g/mol. The van der Waals surface area contributed by atoms with Crippen molar-refractivity contribution in [2.45, 2.75) is 6.54 Å². The van der Waals surface area contributed by atoms with Crippen LogP contribution in [0.2, 0.25) is 0 Å². The van der Waals surface area contributed by atoms with Crippen molar-refractivity contribution >= 4 is 54.4 Å². The summed E-state index contributed by atoms with van der Waals surface area (Å²) in [5, 5.41) is 3.41. The Morgan fingerprint density at radius 3 is 2.72 bits per heavy atom. The van der Waals surface area contributed by atoms with Gasteiger partial charge < -0.3 is 10.3 Å². The van der Waals surface area contributed by atoms with E-state index in [0.717, 1.165) is 26.3 Å². The van der Waals surface area contributed by atoms with Gasteiger partial charge >= 0.3 is 0 Å². The number of rotatable bonds is 3. The molecule has 141 valence electrons. The smallest absolute Gasteiger partial charge is 0.249 e. The molecule has 0 saturated heterocycles. The molecule has 0 bridgehead atoms. The first-order valence-corrected chi connectivity index (χ1v) is 9.92. The number of carbonyl (C=O) groups is 1. The number of nitrogens with zero attached hydrogens (tertiary/aromatic N) is 1. The lowest BCUT2D eigenvalue weighted by Gasteiger charge is -2.12. The molecule has 5 heteroatoms. The van der Waals surface area contributed by atoms with Gasteiger partial charge in [0.15, 0.2) is 0 Å². The molecule has 0 aliphatic carbocycles. The Bertz CT molecular complexity index is 1440. The second-order valence-electron chi connectivity index (χ2n) is 6.96. The molecule has 1 aromatic heterocycles. The van der Waals surface area contributed by atoms with Gasteiger partial charge in [0.05, 0.1) is 11.0 Å². The van der Waals surface area contributed by atoms with Gasteiger partial charge in [-0.3, -0.25) is 4.79 Å². The second kappa shape index (κ2) is 6.71. The average Bonchev–Trinajstić information content (AvgIpc) is 3.05. The van der Waals surface area contributed by atoms with E-state index in [2.05, 4.69) is 34.1 Å². The van der Waals surface area contributed by atoms with Gasteiger partial charge in [-0.05, 0) is 56.5 Å². The first kappa shape index (κ1) is 17.9. The summed E-state index contributed by atoms with van der Waals surface area (Å²) in [6.45, 7) is 0.433.